The van der Waals surface area contributed by atoms with Crippen LogP contribution in [0.3, 0.4) is 0 Å². The zero-order chi connectivity index (χ0) is 8.11. The van der Waals surface area contributed by atoms with Gasteiger partial charge in [-0.25, -0.2) is 0 Å². The SMILES string of the molecule is CN1CC2(C1)CC(N)(C=O)C2. The van der Waals surface area contributed by atoms with Crippen LogP contribution in [0.5, 0.6) is 0 Å². The lowest BCUT2D eigenvalue weighted by Crippen LogP contribution is -2.70. The summed E-state index contributed by atoms with van der Waals surface area (Å²) in [5.74, 6) is 0. The molecule has 1 saturated heterocycles. The van der Waals surface area contributed by atoms with Gasteiger partial charge >= 0.3 is 0 Å². The molecule has 0 atom stereocenters. The minimum Gasteiger partial charge on any atom is -0.319 e. The summed E-state index contributed by atoms with van der Waals surface area (Å²) >= 11 is 0. The average Bonchev–Trinajstić information content (AvgIpc) is 1.81. The first kappa shape index (κ1) is 7.25. The van der Waals surface area contributed by atoms with Crippen LogP contribution < -0.4 is 5.73 Å². The third-order valence-corrected chi connectivity index (χ3v) is 2.85. The van der Waals surface area contributed by atoms with Gasteiger partial charge in [0.2, 0.25) is 0 Å². The van der Waals surface area contributed by atoms with Gasteiger partial charge in [-0.2, -0.15) is 0 Å². The molecular weight excluding hydrogens is 140 g/mol. The Balaban J connectivity index is 1.93. The topological polar surface area (TPSA) is 46.3 Å². The summed E-state index contributed by atoms with van der Waals surface area (Å²) in [5, 5.41) is 0. The second kappa shape index (κ2) is 1.84. The smallest absolute Gasteiger partial charge is 0.139 e. The van der Waals surface area contributed by atoms with Crippen LogP contribution in [0.1, 0.15) is 12.8 Å². The third-order valence-electron chi connectivity index (χ3n) is 2.85. The summed E-state index contributed by atoms with van der Waals surface area (Å²) in [4.78, 5) is 12.7. The van der Waals surface area contributed by atoms with Gasteiger partial charge in [0, 0.05) is 18.5 Å². The largest absolute Gasteiger partial charge is 0.319 e. The van der Waals surface area contributed by atoms with Gasteiger partial charge in [0.05, 0.1) is 5.54 Å². The minimum atomic E-state index is -0.471. The molecule has 1 spiro atoms. The molecule has 0 bridgehead atoms. The van der Waals surface area contributed by atoms with Crippen molar-refractivity contribution in [2.45, 2.75) is 18.4 Å². The summed E-state index contributed by atoms with van der Waals surface area (Å²) in [6.45, 7) is 2.25. The van der Waals surface area contributed by atoms with Crippen LogP contribution in [0, 0.1) is 5.41 Å². The Morgan fingerprint density at radius 2 is 2.00 bits per heavy atom. The number of carbonyl (C=O) groups excluding carboxylic acids is 1. The van der Waals surface area contributed by atoms with Crippen LogP contribution in [0.4, 0.5) is 0 Å². The molecule has 0 unspecified atom stereocenters. The maximum atomic E-state index is 10.5. The molecule has 11 heavy (non-hydrogen) atoms. The highest BCUT2D eigenvalue weighted by Gasteiger charge is 2.57. The zero-order valence-corrected chi connectivity index (χ0v) is 6.84. The predicted molar refractivity (Wildman–Crippen MR) is 42.1 cm³/mol. The number of rotatable bonds is 1. The van der Waals surface area contributed by atoms with Crippen LogP contribution in [0.25, 0.3) is 0 Å². The van der Waals surface area contributed by atoms with Gasteiger partial charge in [0.25, 0.3) is 0 Å². The highest BCUT2D eigenvalue weighted by atomic mass is 16.1. The maximum absolute atomic E-state index is 10.5. The van der Waals surface area contributed by atoms with E-state index in [1.54, 1.807) is 0 Å². The zero-order valence-electron chi connectivity index (χ0n) is 6.84. The highest BCUT2D eigenvalue weighted by Crippen LogP contribution is 2.51. The molecule has 1 saturated carbocycles. The molecule has 2 aliphatic rings. The van der Waals surface area contributed by atoms with Gasteiger partial charge in [0.1, 0.15) is 6.29 Å². The van der Waals surface area contributed by atoms with Crippen molar-refractivity contribution in [3.8, 4) is 0 Å². The van der Waals surface area contributed by atoms with Crippen LogP contribution in [0.2, 0.25) is 0 Å². The second-order valence-electron chi connectivity index (χ2n) is 4.38. The van der Waals surface area contributed by atoms with Crippen molar-refractivity contribution in [2.24, 2.45) is 11.1 Å². The summed E-state index contributed by atoms with van der Waals surface area (Å²) < 4.78 is 0. The van der Waals surface area contributed by atoms with Gasteiger partial charge in [-0.05, 0) is 19.9 Å². The lowest BCUT2D eigenvalue weighted by molar-refractivity contribution is -0.133. The molecular formula is C8H14N2O. The number of nitrogens with zero attached hydrogens (tertiary/aromatic N) is 1. The fraction of sp³-hybridized carbons (Fsp3) is 0.875. The quantitative estimate of drug-likeness (QED) is 0.523. The normalized spacial score (nSPS) is 32.5. The molecule has 0 aromatic rings. The van der Waals surface area contributed by atoms with E-state index in [2.05, 4.69) is 11.9 Å². The molecule has 2 N–H and O–H groups in total. The number of aldehydes is 1. The molecule has 1 heterocycles. The second-order valence-corrected chi connectivity index (χ2v) is 4.38. The summed E-state index contributed by atoms with van der Waals surface area (Å²) in [5.41, 5.74) is 5.70. The number of likely N-dealkylation sites (tertiary alicyclic amines) is 1. The standard InChI is InChI=1S/C8H14N2O/c1-10-4-7(5-10)2-8(9,3-7)6-11/h6H,2-5,9H2,1H3. The Morgan fingerprint density at radius 3 is 2.36 bits per heavy atom. The number of hydrogen-bond donors (Lipinski definition) is 1. The van der Waals surface area contributed by atoms with Crippen LogP contribution in [0.15, 0.2) is 0 Å². The molecule has 0 aromatic carbocycles. The third kappa shape index (κ3) is 0.914. The molecule has 62 valence electrons. The maximum Gasteiger partial charge on any atom is 0.139 e. The van der Waals surface area contributed by atoms with E-state index in [0.717, 1.165) is 32.2 Å². The van der Waals surface area contributed by atoms with Gasteiger partial charge in [-0.15, -0.1) is 0 Å². The van der Waals surface area contributed by atoms with Gasteiger partial charge in [-0.3, -0.25) is 0 Å². The molecule has 0 radical (unpaired) electrons. The van der Waals surface area contributed by atoms with Gasteiger partial charge in [0.15, 0.2) is 0 Å². The Kier molecular flexibility index (Phi) is 1.22. The van der Waals surface area contributed by atoms with Crippen molar-refractivity contribution in [1.29, 1.82) is 0 Å². The predicted octanol–water partition coefficient (Wildman–Crippen LogP) is -0.392. The Hall–Kier alpha value is -0.410. The molecule has 3 nitrogen and oxygen atoms in total. The van der Waals surface area contributed by atoms with Crippen molar-refractivity contribution in [3.05, 3.63) is 0 Å². The van der Waals surface area contributed by atoms with Crippen LogP contribution in [-0.4, -0.2) is 36.9 Å². The van der Waals surface area contributed by atoms with E-state index in [1.807, 2.05) is 0 Å². The lowest BCUT2D eigenvalue weighted by Gasteiger charge is -2.60. The molecule has 2 fully saturated rings. The van der Waals surface area contributed by atoms with Crippen molar-refractivity contribution < 1.29 is 4.79 Å². The summed E-state index contributed by atoms with van der Waals surface area (Å²) in [6.07, 6.45) is 2.71. The molecule has 0 aromatic heterocycles. The van der Waals surface area contributed by atoms with Crippen molar-refractivity contribution in [1.82, 2.24) is 4.90 Å². The molecule has 3 heteroatoms. The average molecular weight is 154 g/mol. The van der Waals surface area contributed by atoms with Crippen LogP contribution in [-0.2, 0) is 4.79 Å². The molecule has 2 rings (SSSR count). The highest BCUT2D eigenvalue weighted by molar-refractivity contribution is 5.66. The van der Waals surface area contributed by atoms with Crippen molar-refractivity contribution >= 4 is 6.29 Å². The van der Waals surface area contributed by atoms with E-state index in [-0.39, 0.29) is 0 Å². The first-order chi connectivity index (χ1) is 5.08. The van der Waals surface area contributed by atoms with Crippen molar-refractivity contribution in [2.75, 3.05) is 20.1 Å². The summed E-state index contributed by atoms with van der Waals surface area (Å²) in [6, 6.07) is 0. The first-order valence-corrected chi connectivity index (χ1v) is 4.01. The Labute approximate surface area is 66.5 Å². The van der Waals surface area contributed by atoms with Gasteiger partial charge < -0.3 is 15.4 Å². The molecule has 1 aliphatic carbocycles. The van der Waals surface area contributed by atoms with E-state index < -0.39 is 5.54 Å². The van der Waals surface area contributed by atoms with E-state index in [1.165, 1.54) is 0 Å². The van der Waals surface area contributed by atoms with E-state index >= 15 is 0 Å². The van der Waals surface area contributed by atoms with E-state index in [4.69, 9.17) is 5.73 Å². The number of hydrogen-bond acceptors (Lipinski definition) is 3. The molecule has 1 aliphatic heterocycles. The monoisotopic (exact) mass is 154 g/mol. The van der Waals surface area contributed by atoms with Crippen LogP contribution >= 0.6 is 0 Å². The Bertz CT molecular complexity index is 188. The Morgan fingerprint density at radius 1 is 1.45 bits per heavy atom. The fourth-order valence-electron chi connectivity index (χ4n) is 2.75. The fourth-order valence-corrected chi connectivity index (χ4v) is 2.75. The van der Waals surface area contributed by atoms with E-state index in [9.17, 15) is 4.79 Å². The molecule has 0 amide bonds. The first-order valence-electron chi connectivity index (χ1n) is 4.01. The summed E-state index contributed by atoms with van der Waals surface area (Å²) in [7, 11) is 2.10. The number of carbonyl (C=O) groups is 1. The number of nitrogens with two attached hydrogens (primary N) is 1. The minimum absolute atomic E-state index is 0.421. The van der Waals surface area contributed by atoms with Gasteiger partial charge in [-0.1, -0.05) is 0 Å². The van der Waals surface area contributed by atoms with Crippen molar-refractivity contribution in [3.63, 3.8) is 0 Å². The van der Waals surface area contributed by atoms with E-state index in [0.29, 0.717) is 5.41 Å². The lowest BCUT2D eigenvalue weighted by atomic mass is 9.54.